The van der Waals surface area contributed by atoms with Crippen molar-refractivity contribution in [1.29, 1.82) is 0 Å². The number of imidazole rings is 1. The number of hydrogen-bond acceptors (Lipinski definition) is 5. The number of halogens is 3. The van der Waals surface area contributed by atoms with Crippen molar-refractivity contribution in [1.82, 2.24) is 19.1 Å². The molecule has 0 N–H and O–H groups in total. The Morgan fingerprint density at radius 2 is 2.03 bits per heavy atom. The summed E-state index contributed by atoms with van der Waals surface area (Å²) in [6, 6.07) is 3.20. The second-order valence-corrected chi connectivity index (χ2v) is 14.7. The van der Waals surface area contributed by atoms with Crippen molar-refractivity contribution >= 4 is 30.8 Å². The molecule has 7 nitrogen and oxygen atoms in total. The maximum atomic E-state index is 14.7. The van der Waals surface area contributed by atoms with Crippen LogP contribution in [-0.2, 0) is 11.5 Å². The second kappa shape index (κ2) is 9.51. The van der Waals surface area contributed by atoms with Gasteiger partial charge in [0.25, 0.3) is 0 Å². The van der Waals surface area contributed by atoms with Crippen molar-refractivity contribution in [2.45, 2.75) is 39.3 Å². The molecule has 3 heterocycles. The number of rotatable bonds is 9. The Balaban J connectivity index is 2.16. The van der Waals surface area contributed by atoms with Gasteiger partial charge in [0.1, 0.15) is 24.6 Å². The van der Waals surface area contributed by atoms with Crippen LogP contribution in [0, 0.1) is 11.8 Å². The normalized spacial score (nSPS) is 11.8. The summed E-state index contributed by atoms with van der Waals surface area (Å²) >= 11 is 5.64. The maximum absolute atomic E-state index is 14.7. The predicted molar refractivity (Wildman–Crippen MR) is 122 cm³/mol. The lowest BCUT2D eigenvalue weighted by Gasteiger charge is -2.15. The van der Waals surface area contributed by atoms with Crippen LogP contribution in [0.5, 0.6) is 5.75 Å². The van der Waals surface area contributed by atoms with E-state index in [1.54, 1.807) is 6.92 Å². The largest absolute Gasteiger partial charge is 0.487 e. The van der Waals surface area contributed by atoms with Crippen molar-refractivity contribution < 1.29 is 18.3 Å². The maximum Gasteiger partial charge on any atom is 0.338 e. The average molecular weight is 483 g/mol. The molecule has 0 bridgehead atoms. The molecule has 0 radical (unpaired) electrons. The highest BCUT2D eigenvalue weighted by Crippen LogP contribution is 2.28. The zero-order chi connectivity index (χ0) is 23.6. The molecule has 0 spiro atoms. The van der Waals surface area contributed by atoms with E-state index in [0.717, 1.165) is 22.3 Å². The van der Waals surface area contributed by atoms with Gasteiger partial charge < -0.3 is 9.47 Å². The van der Waals surface area contributed by atoms with Crippen LogP contribution in [0.1, 0.15) is 6.92 Å². The van der Waals surface area contributed by atoms with E-state index in [9.17, 15) is 13.6 Å². The van der Waals surface area contributed by atoms with Gasteiger partial charge in [0.15, 0.2) is 17.3 Å². The van der Waals surface area contributed by atoms with Crippen LogP contribution in [0.4, 0.5) is 8.78 Å². The third-order valence-corrected chi connectivity index (χ3v) is 6.51. The van der Waals surface area contributed by atoms with E-state index in [-0.39, 0.29) is 30.3 Å². The molecule has 0 aliphatic carbocycles. The third kappa shape index (κ3) is 5.25. The van der Waals surface area contributed by atoms with E-state index in [1.807, 2.05) is 0 Å². The summed E-state index contributed by atoms with van der Waals surface area (Å²) < 4.78 is 42.5. The molecular weight excluding hydrogens is 458 g/mol. The highest BCUT2D eigenvalue weighted by molar-refractivity contribution is 6.76. The van der Waals surface area contributed by atoms with E-state index in [1.165, 1.54) is 16.8 Å². The molecule has 0 aliphatic rings. The molecule has 3 aromatic heterocycles. The lowest BCUT2D eigenvalue weighted by Crippen LogP contribution is -2.27. The summed E-state index contributed by atoms with van der Waals surface area (Å²) in [7, 11) is -1.33. The van der Waals surface area contributed by atoms with Gasteiger partial charge in [0, 0.05) is 33.0 Å². The van der Waals surface area contributed by atoms with Crippen LogP contribution in [0.3, 0.4) is 0 Å². The molecule has 0 fully saturated rings. The fraction of sp³-hybridized carbons (Fsp3) is 0.381. The molecule has 0 atom stereocenters. The number of pyridine rings is 2. The molecule has 0 saturated carbocycles. The van der Waals surface area contributed by atoms with Gasteiger partial charge in [-0.15, -0.1) is 0 Å². The Bertz CT molecular complexity index is 1220. The van der Waals surface area contributed by atoms with Gasteiger partial charge in [-0.05, 0) is 18.5 Å². The van der Waals surface area contributed by atoms with Crippen molar-refractivity contribution in [3.8, 4) is 11.6 Å². The summed E-state index contributed by atoms with van der Waals surface area (Å²) in [5.41, 5.74) is 0.374. The highest BCUT2D eigenvalue weighted by atomic mass is 35.5. The Kier molecular flexibility index (Phi) is 7.16. The van der Waals surface area contributed by atoms with E-state index in [4.69, 9.17) is 21.1 Å². The number of ether oxygens (including phenoxy) is 2. The first-order valence-corrected chi connectivity index (χ1v) is 14.0. The van der Waals surface area contributed by atoms with Gasteiger partial charge in [-0.3, -0.25) is 4.57 Å². The monoisotopic (exact) mass is 482 g/mol. The summed E-state index contributed by atoms with van der Waals surface area (Å²) in [5, 5.41) is -0.491. The first kappa shape index (κ1) is 24.1. The quantitative estimate of drug-likeness (QED) is 0.190. The van der Waals surface area contributed by atoms with Crippen LogP contribution in [0.15, 0.2) is 35.3 Å². The number of nitrogens with zero attached hydrogens (tertiary/aromatic N) is 4. The summed E-state index contributed by atoms with van der Waals surface area (Å²) in [6.45, 7) is 12.7. The van der Waals surface area contributed by atoms with Crippen molar-refractivity contribution in [3.63, 3.8) is 0 Å². The zero-order valence-corrected chi connectivity index (χ0v) is 20.2. The topological polar surface area (TPSA) is 71.2 Å². The molecule has 0 unspecified atom stereocenters. The molecule has 32 heavy (non-hydrogen) atoms. The van der Waals surface area contributed by atoms with Crippen molar-refractivity contribution in [2.75, 3.05) is 13.2 Å². The summed E-state index contributed by atoms with van der Waals surface area (Å²) in [5.74, 6) is -2.37. The average Bonchev–Trinajstić information content (AvgIpc) is 2.97. The lowest BCUT2D eigenvalue weighted by atomic mass is 10.3. The first-order chi connectivity index (χ1) is 15.0. The van der Waals surface area contributed by atoms with Crippen LogP contribution >= 0.6 is 11.6 Å². The number of hydrogen-bond donors (Lipinski definition) is 0. The predicted octanol–water partition coefficient (Wildman–Crippen LogP) is 4.78. The number of aromatic nitrogens is 4. The highest BCUT2D eigenvalue weighted by Gasteiger charge is 2.24. The van der Waals surface area contributed by atoms with Gasteiger partial charge in [-0.2, -0.15) is 9.37 Å². The second-order valence-electron chi connectivity index (χ2n) is 8.69. The van der Waals surface area contributed by atoms with Crippen LogP contribution < -0.4 is 10.4 Å². The standard InChI is InChI=1S/C21H25ClF2N4O3Si/c1-13(2)11-31-16-6-7-25-20-17(16)28(19-15(23)10-14(22)18(24)26-19)21(29)27(20)12-30-8-9-32(3,4)5/h6-7,10H,1,8-9,11-12H2,2-5H3. The zero-order valence-electron chi connectivity index (χ0n) is 18.4. The molecule has 0 aliphatic heterocycles. The van der Waals surface area contributed by atoms with E-state index in [2.05, 4.69) is 36.2 Å². The third-order valence-electron chi connectivity index (χ3n) is 4.54. The molecule has 0 saturated heterocycles. The number of fused-ring (bicyclic) bond motifs is 1. The SMILES string of the molecule is C=C(C)COc1ccnc2c1n(-c1nc(F)c(Cl)cc1F)c(=O)n2COCC[Si](C)(C)C. The fourth-order valence-corrected chi connectivity index (χ4v) is 3.79. The fourth-order valence-electron chi connectivity index (χ4n) is 2.90. The molecule has 0 amide bonds. The Morgan fingerprint density at radius 1 is 1.31 bits per heavy atom. The van der Waals surface area contributed by atoms with E-state index >= 15 is 0 Å². The molecule has 172 valence electrons. The Morgan fingerprint density at radius 3 is 2.69 bits per heavy atom. The molecule has 3 rings (SSSR count). The molecule has 3 aromatic rings. The van der Waals surface area contributed by atoms with Gasteiger partial charge in [0.05, 0.1) is 5.02 Å². The smallest absolute Gasteiger partial charge is 0.338 e. The van der Waals surface area contributed by atoms with E-state index < -0.39 is 36.4 Å². The molecule has 0 aromatic carbocycles. The molecule has 11 heteroatoms. The van der Waals surface area contributed by atoms with Gasteiger partial charge in [0.2, 0.25) is 5.95 Å². The van der Waals surface area contributed by atoms with Crippen LogP contribution in [0.2, 0.25) is 30.7 Å². The lowest BCUT2D eigenvalue weighted by molar-refractivity contribution is 0.0871. The first-order valence-electron chi connectivity index (χ1n) is 9.96. The van der Waals surface area contributed by atoms with Crippen molar-refractivity contribution in [2.24, 2.45) is 0 Å². The molecular formula is C21H25ClF2N4O3Si. The van der Waals surface area contributed by atoms with Crippen LogP contribution in [0.25, 0.3) is 17.0 Å². The van der Waals surface area contributed by atoms with Gasteiger partial charge in [-0.1, -0.05) is 37.8 Å². The summed E-state index contributed by atoms with van der Waals surface area (Å²) in [4.78, 5) is 21.1. The Labute approximate surface area is 190 Å². The Hall–Kier alpha value is -2.56. The minimum absolute atomic E-state index is 0.110. The van der Waals surface area contributed by atoms with Crippen molar-refractivity contribution in [3.05, 3.63) is 57.8 Å². The minimum Gasteiger partial charge on any atom is -0.487 e. The van der Waals surface area contributed by atoms with Gasteiger partial charge >= 0.3 is 5.69 Å². The van der Waals surface area contributed by atoms with Gasteiger partial charge in [-0.25, -0.2) is 18.7 Å². The van der Waals surface area contributed by atoms with E-state index in [0.29, 0.717) is 6.61 Å². The minimum atomic E-state index is -1.33. The van der Waals surface area contributed by atoms with Crippen LogP contribution in [-0.4, -0.2) is 40.4 Å². The summed E-state index contributed by atoms with van der Waals surface area (Å²) in [6.07, 6.45) is 1.46.